The SMILES string of the molecule is Cc1ccc(-c2sc3ccc(C(F)(F)F)cc3c2O)cc1. The molecule has 2 aromatic carbocycles. The van der Waals surface area contributed by atoms with E-state index >= 15 is 0 Å². The second kappa shape index (κ2) is 4.77. The normalized spacial score (nSPS) is 12.0. The van der Waals surface area contributed by atoms with Crippen molar-refractivity contribution in [2.75, 3.05) is 0 Å². The van der Waals surface area contributed by atoms with E-state index in [2.05, 4.69) is 0 Å². The number of halogens is 3. The second-order valence-electron chi connectivity index (χ2n) is 4.85. The van der Waals surface area contributed by atoms with E-state index in [1.807, 2.05) is 31.2 Å². The minimum Gasteiger partial charge on any atom is -0.506 e. The zero-order valence-corrected chi connectivity index (χ0v) is 11.8. The van der Waals surface area contributed by atoms with Crippen LogP contribution >= 0.6 is 11.3 Å². The van der Waals surface area contributed by atoms with Gasteiger partial charge in [0.15, 0.2) is 0 Å². The highest BCUT2D eigenvalue weighted by Gasteiger charge is 2.31. The molecule has 0 radical (unpaired) electrons. The minimum atomic E-state index is -4.41. The monoisotopic (exact) mass is 308 g/mol. The van der Waals surface area contributed by atoms with Crippen molar-refractivity contribution in [3.8, 4) is 16.2 Å². The lowest BCUT2D eigenvalue weighted by molar-refractivity contribution is -0.137. The molecule has 0 aliphatic carbocycles. The van der Waals surface area contributed by atoms with Crippen LogP contribution in [-0.2, 0) is 6.18 Å². The molecule has 1 aromatic heterocycles. The molecular weight excluding hydrogens is 297 g/mol. The maximum atomic E-state index is 12.7. The lowest BCUT2D eigenvalue weighted by Gasteiger charge is -2.05. The molecule has 0 bridgehead atoms. The van der Waals surface area contributed by atoms with Gasteiger partial charge in [-0.3, -0.25) is 0 Å². The van der Waals surface area contributed by atoms with Crippen LogP contribution in [0.1, 0.15) is 11.1 Å². The highest BCUT2D eigenvalue weighted by molar-refractivity contribution is 7.22. The summed E-state index contributed by atoms with van der Waals surface area (Å²) in [4.78, 5) is 0.587. The highest BCUT2D eigenvalue weighted by Crippen LogP contribution is 2.45. The van der Waals surface area contributed by atoms with Crippen LogP contribution in [0.4, 0.5) is 13.2 Å². The lowest BCUT2D eigenvalue weighted by Crippen LogP contribution is -2.03. The van der Waals surface area contributed by atoms with Crippen LogP contribution in [0.25, 0.3) is 20.5 Å². The van der Waals surface area contributed by atoms with Crippen molar-refractivity contribution in [3.63, 3.8) is 0 Å². The van der Waals surface area contributed by atoms with E-state index in [0.29, 0.717) is 9.58 Å². The van der Waals surface area contributed by atoms with E-state index in [0.717, 1.165) is 23.3 Å². The number of benzene rings is 2. The summed E-state index contributed by atoms with van der Waals surface area (Å²) in [7, 11) is 0. The first kappa shape index (κ1) is 13.9. The van der Waals surface area contributed by atoms with Crippen molar-refractivity contribution in [3.05, 3.63) is 53.6 Å². The van der Waals surface area contributed by atoms with Gasteiger partial charge in [0.1, 0.15) is 5.75 Å². The fraction of sp³-hybridized carbons (Fsp3) is 0.125. The second-order valence-corrected chi connectivity index (χ2v) is 5.91. The lowest BCUT2D eigenvalue weighted by atomic mass is 10.1. The maximum Gasteiger partial charge on any atom is 0.416 e. The van der Waals surface area contributed by atoms with E-state index in [9.17, 15) is 18.3 Å². The van der Waals surface area contributed by atoms with Gasteiger partial charge < -0.3 is 5.11 Å². The van der Waals surface area contributed by atoms with Gasteiger partial charge in [0.25, 0.3) is 0 Å². The Balaban J connectivity index is 2.18. The summed E-state index contributed by atoms with van der Waals surface area (Å²) in [5, 5.41) is 10.5. The fourth-order valence-electron chi connectivity index (χ4n) is 2.16. The summed E-state index contributed by atoms with van der Waals surface area (Å²) in [6.45, 7) is 1.95. The number of fused-ring (bicyclic) bond motifs is 1. The third kappa shape index (κ3) is 2.49. The predicted octanol–water partition coefficient (Wildman–Crippen LogP) is 5.60. The summed E-state index contributed by atoms with van der Waals surface area (Å²) < 4.78 is 38.9. The molecule has 0 unspecified atom stereocenters. The topological polar surface area (TPSA) is 20.2 Å². The Morgan fingerprint density at radius 1 is 1.00 bits per heavy atom. The molecule has 0 atom stereocenters. The van der Waals surface area contributed by atoms with Crippen molar-refractivity contribution in [1.82, 2.24) is 0 Å². The molecule has 3 rings (SSSR count). The van der Waals surface area contributed by atoms with E-state index in [1.165, 1.54) is 17.4 Å². The molecule has 0 spiro atoms. The van der Waals surface area contributed by atoms with Crippen molar-refractivity contribution in [2.24, 2.45) is 0 Å². The van der Waals surface area contributed by atoms with Gasteiger partial charge in [-0.1, -0.05) is 29.8 Å². The van der Waals surface area contributed by atoms with E-state index < -0.39 is 11.7 Å². The highest BCUT2D eigenvalue weighted by atomic mass is 32.1. The number of aromatic hydroxyl groups is 1. The van der Waals surface area contributed by atoms with E-state index in [4.69, 9.17) is 0 Å². The maximum absolute atomic E-state index is 12.7. The Bertz CT molecular complexity index is 801. The van der Waals surface area contributed by atoms with Gasteiger partial charge in [-0.05, 0) is 30.7 Å². The van der Waals surface area contributed by atoms with Crippen LogP contribution in [0.2, 0.25) is 0 Å². The molecule has 0 aliphatic heterocycles. The number of hydrogen-bond donors (Lipinski definition) is 1. The molecular formula is C16H11F3OS. The average Bonchev–Trinajstić information content (AvgIpc) is 2.76. The standard InChI is InChI=1S/C16H11F3OS/c1-9-2-4-10(5-3-9)15-14(20)12-8-11(16(17,18)19)6-7-13(12)21-15/h2-8,20H,1H3. The van der Waals surface area contributed by atoms with Crippen molar-refractivity contribution >= 4 is 21.4 Å². The molecule has 0 saturated heterocycles. The van der Waals surface area contributed by atoms with Crippen LogP contribution in [0.3, 0.4) is 0 Å². The molecule has 0 amide bonds. The molecule has 5 heteroatoms. The minimum absolute atomic E-state index is 0.0926. The van der Waals surface area contributed by atoms with E-state index in [-0.39, 0.29) is 11.1 Å². The molecule has 1 N–H and O–H groups in total. The fourth-order valence-corrected chi connectivity index (χ4v) is 3.24. The van der Waals surface area contributed by atoms with Gasteiger partial charge in [-0.2, -0.15) is 13.2 Å². The van der Waals surface area contributed by atoms with Crippen molar-refractivity contribution in [2.45, 2.75) is 13.1 Å². The average molecular weight is 308 g/mol. The van der Waals surface area contributed by atoms with Gasteiger partial charge in [0, 0.05) is 10.1 Å². The van der Waals surface area contributed by atoms with Crippen LogP contribution in [0.5, 0.6) is 5.75 Å². The first-order chi connectivity index (χ1) is 9.86. The molecule has 0 saturated carbocycles. The van der Waals surface area contributed by atoms with Gasteiger partial charge in [0.05, 0.1) is 10.4 Å². The zero-order chi connectivity index (χ0) is 15.2. The quantitative estimate of drug-likeness (QED) is 0.620. The predicted molar refractivity (Wildman–Crippen MR) is 78.7 cm³/mol. The molecule has 1 nitrogen and oxygen atoms in total. The number of hydrogen-bond acceptors (Lipinski definition) is 2. The van der Waals surface area contributed by atoms with Crippen LogP contribution in [0.15, 0.2) is 42.5 Å². The molecule has 0 aliphatic rings. The molecule has 3 aromatic rings. The number of rotatable bonds is 1. The summed E-state index contributed by atoms with van der Waals surface area (Å²) in [5.41, 5.74) is 1.13. The number of thiophene rings is 1. The number of alkyl halides is 3. The molecule has 21 heavy (non-hydrogen) atoms. The van der Waals surface area contributed by atoms with Crippen LogP contribution in [-0.4, -0.2) is 5.11 Å². The first-order valence-electron chi connectivity index (χ1n) is 6.26. The van der Waals surface area contributed by atoms with Gasteiger partial charge in [-0.15, -0.1) is 11.3 Å². The Hall–Kier alpha value is -2.01. The largest absolute Gasteiger partial charge is 0.506 e. The van der Waals surface area contributed by atoms with Gasteiger partial charge in [0.2, 0.25) is 0 Å². The third-order valence-electron chi connectivity index (χ3n) is 3.30. The molecule has 108 valence electrons. The molecule has 1 heterocycles. The van der Waals surface area contributed by atoms with E-state index in [1.54, 1.807) is 0 Å². The van der Waals surface area contributed by atoms with Crippen LogP contribution in [0, 0.1) is 6.92 Å². The Labute approximate surface area is 123 Å². The Morgan fingerprint density at radius 2 is 1.67 bits per heavy atom. The van der Waals surface area contributed by atoms with Crippen LogP contribution < -0.4 is 0 Å². The van der Waals surface area contributed by atoms with Crippen molar-refractivity contribution in [1.29, 1.82) is 0 Å². The Kier molecular flexibility index (Phi) is 3.17. The third-order valence-corrected chi connectivity index (χ3v) is 4.51. The van der Waals surface area contributed by atoms with Gasteiger partial charge >= 0.3 is 6.18 Å². The summed E-state index contributed by atoms with van der Waals surface area (Å²) in [6, 6.07) is 11.0. The van der Waals surface area contributed by atoms with Crippen molar-refractivity contribution < 1.29 is 18.3 Å². The van der Waals surface area contributed by atoms with Gasteiger partial charge in [-0.25, -0.2) is 0 Å². The molecule has 0 fully saturated rings. The Morgan fingerprint density at radius 3 is 2.29 bits per heavy atom. The summed E-state index contributed by atoms with van der Waals surface area (Å²) >= 11 is 1.28. The number of aryl methyl sites for hydroxylation is 1. The summed E-state index contributed by atoms with van der Waals surface area (Å²) in [6.07, 6.45) is -4.41. The zero-order valence-electron chi connectivity index (χ0n) is 11.0. The smallest absolute Gasteiger partial charge is 0.416 e. The summed E-state index contributed by atoms with van der Waals surface area (Å²) in [5.74, 6) is -0.0926. The first-order valence-corrected chi connectivity index (χ1v) is 7.07.